The van der Waals surface area contributed by atoms with Gasteiger partial charge in [0.25, 0.3) is 0 Å². The molecule has 23 heavy (non-hydrogen) atoms. The first-order valence-corrected chi connectivity index (χ1v) is 10.9. The van der Waals surface area contributed by atoms with Crippen LogP contribution in [0.4, 0.5) is 0 Å². The molecule has 0 spiro atoms. The van der Waals surface area contributed by atoms with Gasteiger partial charge in [0.05, 0.1) is 0 Å². The minimum absolute atomic E-state index is 0.135. The molecule has 1 aromatic carbocycles. The first-order chi connectivity index (χ1) is 10.5. The summed E-state index contributed by atoms with van der Waals surface area (Å²) in [4.78, 5) is 4.47. The Bertz CT molecular complexity index is 714. The van der Waals surface area contributed by atoms with Gasteiger partial charge in [-0.3, -0.25) is 0 Å². The third-order valence-electron chi connectivity index (χ3n) is 5.10. The monoisotopic (exact) mass is 346 g/mol. The second-order valence-corrected chi connectivity index (χ2v) is 10.4. The van der Waals surface area contributed by atoms with Crippen molar-refractivity contribution in [2.24, 2.45) is 5.92 Å². The number of hydrogen-bond donors (Lipinski definition) is 0. The van der Waals surface area contributed by atoms with Crippen LogP contribution in [0, 0.1) is 12.8 Å². The quantitative estimate of drug-likeness (QED) is 0.620. The fourth-order valence-electron chi connectivity index (χ4n) is 3.25. The van der Waals surface area contributed by atoms with Crippen LogP contribution in [-0.4, -0.2) is 4.82 Å². The average Bonchev–Trinajstić information content (AvgIpc) is 2.61. The van der Waals surface area contributed by atoms with Gasteiger partial charge in [0.1, 0.15) is 0 Å². The van der Waals surface area contributed by atoms with Crippen molar-refractivity contribution in [3.63, 3.8) is 0 Å². The molecular weight excluding hydrogens is 316 g/mol. The molecule has 0 aliphatic heterocycles. The van der Waals surface area contributed by atoms with Crippen LogP contribution < -0.4 is 3.32 Å². The molecule has 0 bridgehead atoms. The van der Waals surface area contributed by atoms with E-state index >= 15 is 0 Å². The topological polar surface area (TPSA) is 9.23 Å². The molecule has 0 fully saturated rings. The summed E-state index contributed by atoms with van der Waals surface area (Å²) < 4.78 is 7.91. The number of benzene rings is 1. The Kier molecular flexibility index (Phi) is 5.23. The minimum atomic E-state index is -1.99. The Morgan fingerprint density at radius 1 is 1.00 bits per heavy atom. The van der Waals surface area contributed by atoms with E-state index in [2.05, 4.69) is 78.4 Å². The summed E-state index contributed by atoms with van der Waals surface area (Å²) in [5.74, 6) is 1.49. The number of aryl methyl sites for hydroxylation is 1. The van der Waals surface area contributed by atoms with E-state index < -0.39 is 17.8 Å². The van der Waals surface area contributed by atoms with E-state index in [1.54, 1.807) is 0 Å². The molecule has 0 aromatic heterocycles. The Morgan fingerprint density at radius 3 is 2.09 bits per heavy atom. The molecule has 1 aromatic rings. The maximum absolute atomic E-state index is 6.42. The zero-order valence-corrected chi connectivity index (χ0v) is 17.5. The van der Waals surface area contributed by atoms with E-state index in [4.69, 9.17) is 3.32 Å². The molecule has 2 heteroatoms. The van der Waals surface area contributed by atoms with E-state index in [-0.39, 0.29) is 5.41 Å². The molecule has 1 aliphatic carbocycles. The normalized spacial score (nSPS) is 18.7. The van der Waals surface area contributed by atoms with Crippen molar-refractivity contribution in [3.05, 3.63) is 49.9 Å². The standard InChI is InChI=1S/C11H16O.C9H13.CH2.Ti/c1-8-5-9(11(2,3)4)7-10(12)6-8;1-6-5-7(2)9(4)8(6)3;;/h5-7,12H,1-4H3;6H,1-4H3;1H2;/q;;;+1/p-1. The summed E-state index contributed by atoms with van der Waals surface area (Å²) >= 11 is -1.99. The zero-order valence-electron chi connectivity index (χ0n) is 15.9. The van der Waals surface area contributed by atoms with Crippen LogP contribution in [0.3, 0.4) is 0 Å². The fourth-order valence-corrected chi connectivity index (χ4v) is 6.09. The first-order valence-electron chi connectivity index (χ1n) is 8.40. The van der Waals surface area contributed by atoms with Gasteiger partial charge in [0, 0.05) is 0 Å². The summed E-state index contributed by atoms with van der Waals surface area (Å²) in [5, 5.41) is 0. The van der Waals surface area contributed by atoms with Crippen LogP contribution in [-0.2, 0) is 23.2 Å². The van der Waals surface area contributed by atoms with Crippen molar-refractivity contribution in [3.8, 4) is 5.75 Å². The molecule has 124 valence electrons. The average molecular weight is 346 g/mol. The molecular formula is C21H30OTi. The second-order valence-electron chi connectivity index (χ2n) is 7.88. The van der Waals surface area contributed by atoms with Crippen LogP contribution in [0.2, 0.25) is 0 Å². The Balaban J connectivity index is 2.31. The Labute approximate surface area is 148 Å². The summed E-state index contributed by atoms with van der Waals surface area (Å²) in [6, 6.07) is 6.61. The fraction of sp³-hybridized carbons (Fsp3) is 0.476. The van der Waals surface area contributed by atoms with Gasteiger partial charge in [-0.25, -0.2) is 0 Å². The first kappa shape index (κ1) is 18.4. The molecule has 1 aliphatic rings. The van der Waals surface area contributed by atoms with Crippen LogP contribution >= 0.6 is 0 Å². The molecule has 0 N–H and O–H groups in total. The molecule has 0 heterocycles. The number of hydrogen-bond acceptors (Lipinski definition) is 1. The number of rotatable bonds is 3. The second kappa shape index (κ2) is 6.53. The molecule has 0 saturated heterocycles. The van der Waals surface area contributed by atoms with E-state index in [1.807, 2.05) is 0 Å². The summed E-state index contributed by atoms with van der Waals surface area (Å²) in [6.45, 7) is 17.9. The molecule has 1 atom stereocenters. The molecule has 1 unspecified atom stereocenters. The summed E-state index contributed by atoms with van der Waals surface area (Å²) in [6.07, 6.45) is 0. The third-order valence-corrected chi connectivity index (χ3v) is 8.05. The van der Waals surface area contributed by atoms with Gasteiger partial charge in [-0.15, -0.1) is 0 Å². The van der Waals surface area contributed by atoms with Crippen LogP contribution in [0.25, 0.3) is 0 Å². The van der Waals surface area contributed by atoms with E-state index in [9.17, 15) is 0 Å². The van der Waals surface area contributed by atoms with Crippen molar-refractivity contribution in [2.75, 3.05) is 0 Å². The SMILES string of the molecule is [CH2]=[Ti]([O]c1cc(C)cc(C(C)(C)C)c1)[C]1=C(C)C(C)=C(C)C1C. The molecule has 0 radical (unpaired) electrons. The van der Waals surface area contributed by atoms with Gasteiger partial charge in [-0.1, -0.05) is 0 Å². The van der Waals surface area contributed by atoms with Gasteiger partial charge in [-0.2, -0.15) is 0 Å². The van der Waals surface area contributed by atoms with E-state index in [1.165, 1.54) is 31.7 Å². The van der Waals surface area contributed by atoms with Crippen molar-refractivity contribution >= 4 is 4.82 Å². The summed E-state index contributed by atoms with van der Waals surface area (Å²) in [7, 11) is 0. The van der Waals surface area contributed by atoms with Crippen molar-refractivity contribution < 1.29 is 21.1 Å². The van der Waals surface area contributed by atoms with Crippen LogP contribution in [0.15, 0.2) is 38.8 Å². The predicted molar refractivity (Wildman–Crippen MR) is 97.9 cm³/mol. The predicted octanol–water partition coefficient (Wildman–Crippen LogP) is 5.90. The van der Waals surface area contributed by atoms with Gasteiger partial charge in [0.15, 0.2) is 0 Å². The zero-order chi connectivity index (χ0) is 17.5. The van der Waals surface area contributed by atoms with Gasteiger partial charge < -0.3 is 0 Å². The van der Waals surface area contributed by atoms with Crippen molar-refractivity contribution in [1.29, 1.82) is 0 Å². The molecule has 0 saturated carbocycles. The molecule has 0 amide bonds. The molecule has 1 nitrogen and oxygen atoms in total. The third kappa shape index (κ3) is 3.78. The Hall–Kier alpha value is -0.916. The van der Waals surface area contributed by atoms with E-state index in [0.717, 1.165) is 5.75 Å². The van der Waals surface area contributed by atoms with Gasteiger partial charge >= 0.3 is 148 Å². The Morgan fingerprint density at radius 2 is 1.61 bits per heavy atom. The summed E-state index contributed by atoms with van der Waals surface area (Å²) in [5.41, 5.74) is 7.06. The van der Waals surface area contributed by atoms with E-state index in [0.29, 0.717) is 5.92 Å². The van der Waals surface area contributed by atoms with Crippen molar-refractivity contribution in [1.82, 2.24) is 0 Å². The maximum atomic E-state index is 6.42. The van der Waals surface area contributed by atoms with Crippen LogP contribution in [0.1, 0.15) is 59.6 Å². The molecule has 2 rings (SSSR count). The van der Waals surface area contributed by atoms with Gasteiger partial charge in [-0.05, 0) is 0 Å². The van der Waals surface area contributed by atoms with Gasteiger partial charge in [0.2, 0.25) is 0 Å². The van der Waals surface area contributed by atoms with Crippen molar-refractivity contribution in [2.45, 2.75) is 60.8 Å². The van der Waals surface area contributed by atoms with Crippen LogP contribution in [0.5, 0.6) is 5.75 Å². The number of allylic oxidation sites excluding steroid dienone is 4.